The average molecular weight is 348 g/mol. The quantitative estimate of drug-likeness (QED) is 0.670. The number of carbonyl (C=O) groups is 1. The van der Waals surface area contributed by atoms with E-state index in [0.29, 0.717) is 18.1 Å². The lowest BCUT2D eigenvalue weighted by atomic mass is 9.99. The largest absolute Gasteiger partial charge is 0.369 e. The van der Waals surface area contributed by atoms with Gasteiger partial charge in [-0.2, -0.15) is 0 Å². The molecule has 134 valence electrons. The molecule has 2 aromatic carbocycles. The Morgan fingerprint density at radius 1 is 0.923 bits per heavy atom. The van der Waals surface area contributed by atoms with Crippen molar-refractivity contribution in [2.45, 2.75) is 25.8 Å². The summed E-state index contributed by atoms with van der Waals surface area (Å²) in [7, 11) is 0. The lowest BCUT2D eigenvalue weighted by Gasteiger charge is -2.29. The molecule has 2 aromatic rings. The number of fused-ring (bicyclic) bond motifs is 1. The number of rotatable bonds is 2. The van der Waals surface area contributed by atoms with Gasteiger partial charge in [0.2, 0.25) is 0 Å². The smallest absolute Gasteiger partial charge is 0.254 e. The zero-order valence-electron chi connectivity index (χ0n) is 14.9. The summed E-state index contributed by atoms with van der Waals surface area (Å²) < 4.78 is 0. The van der Waals surface area contributed by atoms with E-state index in [1.807, 2.05) is 35.2 Å². The Morgan fingerprint density at radius 3 is 2.50 bits per heavy atom. The molecule has 2 heterocycles. The number of guanidine groups is 1. The van der Waals surface area contributed by atoms with Crippen molar-refractivity contribution in [2.75, 3.05) is 19.6 Å². The SMILES string of the molecule is NC(=Nc1cccc(C(=O)N2CCc3ccccc3C2)c1)N1CCCC1. The van der Waals surface area contributed by atoms with Gasteiger partial charge in [0.25, 0.3) is 5.91 Å². The predicted octanol–water partition coefficient (Wildman–Crippen LogP) is 2.93. The van der Waals surface area contributed by atoms with Gasteiger partial charge in [0.05, 0.1) is 5.69 Å². The Hall–Kier alpha value is -2.82. The number of nitrogens with two attached hydrogens (primary N) is 1. The summed E-state index contributed by atoms with van der Waals surface area (Å²) in [6, 6.07) is 15.8. The van der Waals surface area contributed by atoms with E-state index in [9.17, 15) is 4.79 Å². The van der Waals surface area contributed by atoms with Crippen molar-refractivity contribution in [1.29, 1.82) is 0 Å². The van der Waals surface area contributed by atoms with E-state index in [4.69, 9.17) is 5.73 Å². The third kappa shape index (κ3) is 3.43. The van der Waals surface area contributed by atoms with Crippen LogP contribution in [0.5, 0.6) is 0 Å². The number of hydrogen-bond donors (Lipinski definition) is 1. The molecule has 1 amide bonds. The van der Waals surface area contributed by atoms with Gasteiger partial charge < -0.3 is 15.5 Å². The van der Waals surface area contributed by atoms with Gasteiger partial charge in [0.15, 0.2) is 5.96 Å². The van der Waals surface area contributed by atoms with Crippen LogP contribution in [0.3, 0.4) is 0 Å². The maximum absolute atomic E-state index is 12.9. The maximum atomic E-state index is 12.9. The van der Waals surface area contributed by atoms with Crippen LogP contribution < -0.4 is 5.73 Å². The number of amides is 1. The predicted molar refractivity (Wildman–Crippen MR) is 103 cm³/mol. The minimum atomic E-state index is 0.0521. The number of nitrogens with zero attached hydrogens (tertiary/aromatic N) is 3. The molecule has 0 atom stereocenters. The highest BCUT2D eigenvalue weighted by atomic mass is 16.2. The van der Waals surface area contributed by atoms with Crippen LogP contribution in [0.15, 0.2) is 53.5 Å². The first kappa shape index (κ1) is 16.6. The fourth-order valence-electron chi connectivity index (χ4n) is 3.71. The maximum Gasteiger partial charge on any atom is 0.254 e. The van der Waals surface area contributed by atoms with E-state index in [-0.39, 0.29) is 5.91 Å². The third-order valence-electron chi connectivity index (χ3n) is 5.18. The molecule has 1 fully saturated rings. The van der Waals surface area contributed by atoms with Crippen LogP contribution in [-0.4, -0.2) is 41.3 Å². The van der Waals surface area contributed by atoms with E-state index in [1.54, 1.807) is 0 Å². The van der Waals surface area contributed by atoms with Crippen molar-refractivity contribution >= 4 is 17.6 Å². The Bertz CT molecular complexity index is 839. The van der Waals surface area contributed by atoms with Crippen molar-refractivity contribution in [3.05, 3.63) is 65.2 Å². The van der Waals surface area contributed by atoms with E-state index in [0.717, 1.165) is 44.6 Å². The second-order valence-electron chi connectivity index (χ2n) is 6.96. The fourth-order valence-corrected chi connectivity index (χ4v) is 3.71. The molecular weight excluding hydrogens is 324 g/mol. The molecule has 2 aliphatic heterocycles. The van der Waals surface area contributed by atoms with Crippen molar-refractivity contribution in [2.24, 2.45) is 10.7 Å². The Labute approximate surface area is 154 Å². The average Bonchev–Trinajstić information content (AvgIpc) is 3.22. The molecule has 2 aliphatic rings. The molecule has 5 heteroatoms. The topological polar surface area (TPSA) is 61.9 Å². The first-order valence-corrected chi connectivity index (χ1v) is 9.26. The van der Waals surface area contributed by atoms with Crippen LogP contribution in [0.25, 0.3) is 0 Å². The second-order valence-corrected chi connectivity index (χ2v) is 6.96. The summed E-state index contributed by atoms with van der Waals surface area (Å²) in [5.74, 6) is 0.593. The van der Waals surface area contributed by atoms with Gasteiger partial charge in [-0.25, -0.2) is 4.99 Å². The van der Waals surface area contributed by atoms with Crippen LogP contribution in [-0.2, 0) is 13.0 Å². The molecular formula is C21H24N4O. The van der Waals surface area contributed by atoms with E-state index < -0.39 is 0 Å². The molecule has 4 rings (SSSR count). The molecule has 0 aromatic heterocycles. The van der Waals surface area contributed by atoms with Gasteiger partial charge in [0, 0.05) is 31.7 Å². The molecule has 0 unspecified atom stereocenters. The van der Waals surface area contributed by atoms with Crippen LogP contribution >= 0.6 is 0 Å². The van der Waals surface area contributed by atoms with E-state index in [2.05, 4.69) is 28.1 Å². The van der Waals surface area contributed by atoms with Crippen LogP contribution in [0, 0.1) is 0 Å². The Kier molecular flexibility index (Phi) is 4.61. The normalized spacial score (nSPS) is 17.3. The highest BCUT2D eigenvalue weighted by Crippen LogP contribution is 2.22. The van der Waals surface area contributed by atoms with Crippen molar-refractivity contribution < 1.29 is 4.79 Å². The third-order valence-corrected chi connectivity index (χ3v) is 5.18. The number of likely N-dealkylation sites (tertiary alicyclic amines) is 1. The summed E-state index contributed by atoms with van der Waals surface area (Å²) in [5.41, 5.74) is 10.1. The lowest BCUT2D eigenvalue weighted by molar-refractivity contribution is 0.0734. The molecule has 0 bridgehead atoms. The van der Waals surface area contributed by atoms with Crippen molar-refractivity contribution in [3.63, 3.8) is 0 Å². The number of benzene rings is 2. The van der Waals surface area contributed by atoms with E-state index in [1.165, 1.54) is 11.1 Å². The second kappa shape index (κ2) is 7.20. The summed E-state index contributed by atoms with van der Waals surface area (Å²) in [6.07, 6.45) is 3.22. The highest BCUT2D eigenvalue weighted by Gasteiger charge is 2.21. The number of aliphatic imine (C=N–C) groups is 1. The van der Waals surface area contributed by atoms with Crippen molar-refractivity contribution in [1.82, 2.24) is 9.80 Å². The van der Waals surface area contributed by atoms with Gasteiger partial charge in [-0.3, -0.25) is 4.79 Å². The van der Waals surface area contributed by atoms with Crippen LogP contribution in [0.4, 0.5) is 5.69 Å². The molecule has 26 heavy (non-hydrogen) atoms. The number of carbonyl (C=O) groups excluding carboxylic acids is 1. The molecule has 0 saturated carbocycles. The minimum absolute atomic E-state index is 0.0521. The fraction of sp³-hybridized carbons (Fsp3) is 0.333. The Balaban J connectivity index is 1.51. The first-order valence-electron chi connectivity index (χ1n) is 9.26. The van der Waals surface area contributed by atoms with Gasteiger partial charge in [0.1, 0.15) is 0 Å². The lowest BCUT2D eigenvalue weighted by Crippen LogP contribution is -2.36. The standard InChI is InChI=1S/C21H24N4O/c22-21(24-11-3-4-12-24)23-19-9-5-8-17(14-19)20(26)25-13-10-16-6-1-2-7-18(16)15-25/h1-2,5-9,14H,3-4,10-13,15H2,(H2,22,23). The zero-order chi connectivity index (χ0) is 17.9. The van der Waals surface area contributed by atoms with Gasteiger partial charge >= 0.3 is 0 Å². The first-order chi connectivity index (χ1) is 12.7. The summed E-state index contributed by atoms with van der Waals surface area (Å²) in [4.78, 5) is 21.5. The van der Waals surface area contributed by atoms with Crippen molar-refractivity contribution in [3.8, 4) is 0 Å². The number of hydrogen-bond acceptors (Lipinski definition) is 2. The van der Waals surface area contributed by atoms with Gasteiger partial charge in [-0.15, -0.1) is 0 Å². The molecule has 5 nitrogen and oxygen atoms in total. The summed E-state index contributed by atoms with van der Waals surface area (Å²) in [5, 5.41) is 0. The summed E-state index contributed by atoms with van der Waals surface area (Å²) >= 11 is 0. The monoisotopic (exact) mass is 348 g/mol. The Morgan fingerprint density at radius 2 is 1.69 bits per heavy atom. The zero-order valence-corrected chi connectivity index (χ0v) is 14.9. The van der Waals surface area contributed by atoms with Gasteiger partial charge in [-0.1, -0.05) is 30.3 Å². The minimum Gasteiger partial charge on any atom is -0.369 e. The molecule has 1 saturated heterocycles. The molecule has 0 radical (unpaired) electrons. The highest BCUT2D eigenvalue weighted by molar-refractivity contribution is 5.95. The molecule has 0 spiro atoms. The molecule has 2 N–H and O–H groups in total. The summed E-state index contributed by atoms with van der Waals surface area (Å²) in [6.45, 7) is 3.33. The van der Waals surface area contributed by atoms with Crippen LogP contribution in [0.1, 0.15) is 34.3 Å². The molecule has 0 aliphatic carbocycles. The van der Waals surface area contributed by atoms with Gasteiger partial charge in [-0.05, 0) is 48.6 Å². The van der Waals surface area contributed by atoms with E-state index >= 15 is 0 Å². The van der Waals surface area contributed by atoms with Crippen LogP contribution in [0.2, 0.25) is 0 Å².